The molecule has 1 rings (SSSR count). The van der Waals surface area contributed by atoms with E-state index in [2.05, 4.69) is 26.0 Å². The average molecular weight is 191 g/mol. The normalized spacial score (nSPS) is 16.1. The first-order valence-electron chi connectivity index (χ1n) is 5.50. The van der Waals surface area contributed by atoms with Crippen molar-refractivity contribution in [2.75, 3.05) is 0 Å². The van der Waals surface area contributed by atoms with E-state index in [-0.39, 0.29) is 0 Å². The molecule has 1 aromatic rings. The maximum Gasteiger partial charge on any atom is 0.123 e. The van der Waals surface area contributed by atoms with Crippen LogP contribution in [0.4, 0.5) is 0 Å². The Hall–Kier alpha value is -1.11. The van der Waals surface area contributed by atoms with Crippen LogP contribution in [0, 0.1) is 5.89 Å². The van der Waals surface area contributed by atoms with E-state index in [0.717, 1.165) is 5.56 Å². The van der Waals surface area contributed by atoms with Gasteiger partial charge in [-0.05, 0) is 23.5 Å². The monoisotopic (exact) mass is 191 g/mol. The van der Waals surface area contributed by atoms with Crippen LogP contribution in [0.1, 0.15) is 39.2 Å². The maximum atomic E-state index is 10.6. The van der Waals surface area contributed by atoms with Crippen molar-refractivity contribution in [2.24, 2.45) is 5.89 Å². The predicted molar refractivity (Wildman–Crippen MR) is 59.5 cm³/mol. The van der Waals surface area contributed by atoms with E-state index < -0.39 is 5.89 Å². The van der Waals surface area contributed by atoms with Crippen LogP contribution in [-0.4, -0.2) is 6.29 Å². The second-order valence-corrected chi connectivity index (χ2v) is 4.04. The van der Waals surface area contributed by atoms with Crippen LogP contribution in [0.3, 0.4) is 0 Å². The molecule has 1 unspecified atom stereocenters. The lowest BCUT2D eigenvalue weighted by atomic mass is 9.98. The van der Waals surface area contributed by atoms with E-state index in [1.807, 2.05) is 12.1 Å². The zero-order valence-electron chi connectivity index (χ0n) is 10.1. The van der Waals surface area contributed by atoms with Crippen LogP contribution < -0.4 is 0 Å². The van der Waals surface area contributed by atoms with Gasteiger partial charge in [-0.2, -0.15) is 0 Å². The highest BCUT2D eigenvalue weighted by atomic mass is 16.1. The van der Waals surface area contributed by atoms with Gasteiger partial charge in [-0.3, -0.25) is 0 Å². The molecule has 0 amide bonds. The van der Waals surface area contributed by atoms with E-state index >= 15 is 0 Å². The van der Waals surface area contributed by atoms with Crippen molar-refractivity contribution in [1.82, 2.24) is 0 Å². The molecule has 0 spiro atoms. The molecule has 14 heavy (non-hydrogen) atoms. The van der Waals surface area contributed by atoms with Crippen molar-refractivity contribution in [3.05, 3.63) is 35.4 Å². The summed E-state index contributed by atoms with van der Waals surface area (Å²) >= 11 is 0. The summed E-state index contributed by atoms with van der Waals surface area (Å²) in [6.07, 6.45) is 1.18. The van der Waals surface area contributed by atoms with Crippen LogP contribution in [0.5, 0.6) is 0 Å². The third kappa shape index (κ3) is 2.99. The fourth-order valence-electron chi connectivity index (χ4n) is 1.38. The lowest BCUT2D eigenvalue weighted by molar-refractivity contribution is -0.110. The van der Waals surface area contributed by atoms with Crippen LogP contribution in [0.25, 0.3) is 0 Å². The number of hydrogen-bond acceptors (Lipinski definition) is 1. The highest BCUT2D eigenvalue weighted by molar-refractivity contribution is 5.53. The minimum Gasteiger partial charge on any atom is -0.303 e. The molecule has 0 saturated carbocycles. The molecular formula is C13H18O. The van der Waals surface area contributed by atoms with E-state index in [9.17, 15) is 4.79 Å². The Labute approximate surface area is 87.6 Å². The van der Waals surface area contributed by atoms with Gasteiger partial charge in [0.05, 0.1) is 0 Å². The van der Waals surface area contributed by atoms with E-state index in [4.69, 9.17) is 1.37 Å². The Kier molecular flexibility index (Phi) is 3.33. The van der Waals surface area contributed by atoms with Gasteiger partial charge < -0.3 is 4.79 Å². The summed E-state index contributed by atoms with van der Waals surface area (Å²) < 4.78 is 7.68. The first-order chi connectivity index (χ1) is 6.94. The second kappa shape index (κ2) is 4.94. The number of benzene rings is 1. The Bertz CT molecular complexity index is 325. The van der Waals surface area contributed by atoms with Gasteiger partial charge in [0.15, 0.2) is 0 Å². The molecule has 0 fully saturated rings. The SMILES string of the molecule is [2H]C(C)(C=O)Cc1ccc(C(C)C)cc1. The zero-order valence-corrected chi connectivity index (χ0v) is 9.08. The number of carbonyl (C=O) groups is 1. The van der Waals surface area contributed by atoms with Gasteiger partial charge in [0.25, 0.3) is 0 Å². The summed E-state index contributed by atoms with van der Waals surface area (Å²) in [6.45, 7) is 5.93. The zero-order chi connectivity index (χ0) is 11.5. The van der Waals surface area contributed by atoms with Crippen LogP contribution in [0.15, 0.2) is 24.3 Å². The number of rotatable bonds is 4. The first kappa shape index (κ1) is 9.45. The first-order valence-corrected chi connectivity index (χ1v) is 5.00. The Morgan fingerprint density at radius 3 is 2.29 bits per heavy atom. The number of hydrogen-bond donors (Lipinski definition) is 0. The molecule has 0 aliphatic rings. The van der Waals surface area contributed by atoms with Crippen molar-refractivity contribution >= 4 is 6.29 Å². The van der Waals surface area contributed by atoms with Gasteiger partial charge >= 0.3 is 0 Å². The van der Waals surface area contributed by atoms with Crippen LogP contribution >= 0.6 is 0 Å². The predicted octanol–water partition coefficient (Wildman–Crippen LogP) is 3.19. The molecule has 1 atom stereocenters. The summed E-state index contributed by atoms with van der Waals surface area (Å²) in [5.74, 6) is -0.480. The minimum absolute atomic E-state index is 0.481. The molecule has 0 aromatic heterocycles. The van der Waals surface area contributed by atoms with Crippen molar-refractivity contribution in [1.29, 1.82) is 0 Å². The van der Waals surface area contributed by atoms with Crippen molar-refractivity contribution in [3.8, 4) is 0 Å². The minimum atomic E-state index is -1.00. The Morgan fingerprint density at radius 1 is 1.29 bits per heavy atom. The summed E-state index contributed by atoms with van der Waals surface area (Å²) in [7, 11) is 0. The average Bonchev–Trinajstić information content (AvgIpc) is 2.18. The van der Waals surface area contributed by atoms with Gasteiger partial charge in [0, 0.05) is 7.26 Å². The summed E-state index contributed by atoms with van der Waals surface area (Å²) in [6, 6.07) is 8.15. The third-order valence-electron chi connectivity index (χ3n) is 2.33. The standard InChI is InChI=1S/C13H18O/c1-10(2)13-6-4-12(5-7-13)8-11(3)9-14/h4-7,9-11H,8H2,1-3H3/i11D. The quantitative estimate of drug-likeness (QED) is 0.668. The molecule has 76 valence electrons. The maximum absolute atomic E-state index is 10.6. The fourth-order valence-corrected chi connectivity index (χ4v) is 1.38. The molecule has 0 saturated heterocycles. The number of aldehydes is 1. The lowest BCUT2D eigenvalue weighted by Gasteiger charge is -2.07. The molecule has 0 radical (unpaired) electrons. The van der Waals surface area contributed by atoms with Gasteiger partial charge in [-0.1, -0.05) is 45.0 Å². The van der Waals surface area contributed by atoms with Gasteiger partial charge in [0.2, 0.25) is 0 Å². The summed E-state index contributed by atoms with van der Waals surface area (Å²) in [5, 5.41) is 0. The third-order valence-corrected chi connectivity index (χ3v) is 2.33. The highest BCUT2D eigenvalue weighted by Gasteiger charge is 2.02. The van der Waals surface area contributed by atoms with E-state index in [0.29, 0.717) is 18.6 Å². The molecule has 0 heterocycles. The van der Waals surface area contributed by atoms with Gasteiger partial charge in [-0.25, -0.2) is 0 Å². The molecule has 1 nitrogen and oxygen atoms in total. The molecule has 0 bridgehead atoms. The van der Waals surface area contributed by atoms with Gasteiger partial charge in [0.1, 0.15) is 6.29 Å². The van der Waals surface area contributed by atoms with Gasteiger partial charge in [-0.15, -0.1) is 0 Å². The smallest absolute Gasteiger partial charge is 0.123 e. The molecule has 1 heteroatoms. The summed E-state index contributed by atoms with van der Waals surface area (Å²) in [5.41, 5.74) is 2.33. The molecule has 1 aromatic carbocycles. The highest BCUT2D eigenvalue weighted by Crippen LogP contribution is 2.16. The van der Waals surface area contributed by atoms with Crippen molar-refractivity contribution in [3.63, 3.8) is 0 Å². The molecular weight excluding hydrogens is 172 g/mol. The summed E-state index contributed by atoms with van der Waals surface area (Å²) in [4.78, 5) is 10.6. The fraction of sp³-hybridized carbons (Fsp3) is 0.462. The Morgan fingerprint density at radius 2 is 1.86 bits per heavy atom. The van der Waals surface area contributed by atoms with E-state index in [1.54, 1.807) is 6.92 Å². The largest absolute Gasteiger partial charge is 0.303 e. The van der Waals surface area contributed by atoms with Crippen molar-refractivity contribution < 1.29 is 6.17 Å². The molecule has 0 aliphatic carbocycles. The topological polar surface area (TPSA) is 17.1 Å². The van der Waals surface area contributed by atoms with Crippen LogP contribution in [0.2, 0.25) is 0 Å². The van der Waals surface area contributed by atoms with Crippen LogP contribution in [-0.2, 0) is 11.2 Å². The molecule has 0 aliphatic heterocycles. The second-order valence-electron chi connectivity index (χ2n) is 4.04. The number of carbonyl (C=O) groups excluding carboxylic acids is 1. The van der Waals surface area contributed by atoms with E-state index in [1.165, 1.54) is 5.56 Å². The molecule has 0 N–H and O–H groups in total. The van der Waals surface area contributed by atoms with Crippen molar-refractivity contribution in [2.45, 2.75) is 33.1 Å². The Balaban J connectivity index is 2.77. The lowest BCUT2D eigenvalue weighted by Crippen LogP contribution is -2.00.